The van der Waals surface area contributed by atoms with Gasteiger partial charge < -0.3 is 10.1 Å². The average molecular weight is 281 g/mol. The fourth-order valence-electron chi connectivity index (χ4n) is 1.86. The van der Waals surface area contributed by atoms with Gasteiger partial charge in [0.15, 0.2) is 0 Å². The smallest absolute Gasteiger partial charge is 0.0560 e. The molecule has 0 amide bonds. The van der Waals surface area contributed by atoms with Crippen LogP contribution in [0.3, 0.4) is 0 Å². The first-order chi connectivity index (χ1) is 9.27. The Morgan fingerprint density at radius 3 is 2.84 bits per heavy atom. The Labute approximate surface area is 122 Å². The molecule has 1 unspecified atom stereocenters. The van der Waals surface area contributed by atoms with E-state index in [2.05, 4.69) is 50.4 Å². The summed E-state index contributed by atoms with van der Waals surface area (Å²) in [6, 6.07) is 9.22. The molecule has 0 bridgehead atoms. The van der Waals surface area contributed by atoms with Crippen LogP contribution in [0, 0.1) is 0 Å². The molecule has 1 aromatic rings. The van der Waals surface area contributed by atoms with Crippen LogP contribution in [0.4, 0.5) is 0 Å². The Balaban J connectivity index is 2.31. The SMILES string of the molecule is CCCCOCCSc1cccc(C(C)NCC)c1. The third-order valence-corrected chi connectivity index (χ3v) is 3.97. The maximum Gasteiger partial charge on any atom is 0.0560 e. The summed E-state index contributed by atoms with van der Waals surface area (Å²) in [6.45, 7) is 9.29. The Morgan fingerprint density at radius 2 is 2.11 bits per heavy atom. The third kappa shape index (κ3) is 7.00. The van der Waals surface area contributed by atoms with Gasteiger partial charge in [-0.3, -0.25) is 0 Å². The van der Waals surface area contributed by atoms with E-state index in [1.165, 1.54) is 23.3 Å². The molecule has 2 nitrogen and oxygen atoms in total. The zero-order valence-electron chi connectivity index (χ0n) is 12.4. The molecule has 0 saturated heterocycles. The normalized spacial score (nSPS) is 12.6. The first kappa shape index (κ1) is 16.5. The molecular formula is C16H27NOS. The summed E-state index contributed by atoms with van der Waals surface area (Å²) >= 11 is 1.88. The molecule has 0 heterocycles. The van der Waals surface area contributed by atoms with Crippen LogP contribution in [0.15, 0.2) is 29.2 Å². The van der Waals surface area contributed by atoms with Gasteiger partial charge in [-0.1, -0.05) is 32.4 Å². The van der Waals surface area contributed by atoms with E-state index in [1.54, 1.807) is 0 Å². The summed E-state index contributed by atoms with van der Waals surface area (Å²) in [5.74, 6) is 1.03. The van der Waals surface area contributed by atoms with Gasteiger partial charge in [0.1, 0.15) is 0 Å². The lowest BCUT2D eigenvalue weighted by molar-refractivity contribution is 0.147. The molecule has 1 N–H and O–H groups in total. The van der Waals surface area contributed by atoms with E-state index < -0.39 is 0 Å². The van der Waals surface area contributed by atoms with Crippen molar-refractivity contribution in [3.63, 3.8) is 0 Å². The van der Waals surface area contributed by atoms with Crippen molar-refractivity contribution in [2.24, 2.45) is 0 Å². The van der Waals surface area contributed by atoms with Crippen LogP contribution in [0.25, 0.3) is 0 Å². The average Bonchev–Trinajstić information content (AvgIpc) is 2.43. The maximum atomic E-state index is 5.58. The molecule has 1 rings (SSSR count). The summed E-state index contributed by atoms with van der Waals surface area (Å²) < 4.78 is 5.58. The summed E-state index contributed by atoms with van der Waals surface area (Å²) in [7, 11) is 0. The minimum Gasteiger partial charge on any atom is -0.381 e. The lowest BCUT2D eigenvalue weighted by Crippen LogP contribution is -2.17. The fourth-order valence-corrected chi connectivity index (χ4v) is 2.70. The van der Waals surface area contributed by atoms with Crippen molar-refractivity contribution in [2.45, 2.75) is 44.6 Å². The van der Waals surface area contributed by atoms with Gasteiger partial charge in [-0.25, -0.2) is 0 Å². The summed E-state index contributed by atoms with van der Waals surface area (Å²) in [5, 5.41) is 3.45. The molecule has 0 aliphatic carbocycles. The Morgan fingerprint density at radius 1 is 1.26 bits per heavy atom. The van der Waals surface area contributed by atoms with Gasteiger partial charge in [-0.15, -0.1) is 11.8 Å². The van der Waals surface area contributed by atoms with Crippen molar-refractivity contribution >= 4 is 11.8 Å². The zero-order valence-corrected chi connectivity index (χ0v) is 13.3. The molecule has 19 heavy (non-hydrogen) atoms. The highest BCUT2D eigenvalue weighted by Gasteiger charge is 2.04. The molecule has 0 fully saturated rings. The van der Waals surface area contributed by atoms with Crippen molar-refractivity contribution in [1.82, 2.24) is 5.32 Å². The number of benzene rings is 1. The van der Waals surface area contributed by atoms with Gasteiger partial charge in [0.25, 0.3) is 0 Å². The Hall–Kier alpha value is -0.510. The van der Waals surface area contributed by atoms with Crippen LogP contribution in [-0.2, 0) is 4.74 Å². The monoisotopic (exact) mass is 281 g/mol. The summed E-state index contributed by atoms with van der Waals surface area (Å²) in [6.07, 6.45) is 2.37. The largest absolute Gasteiger partial charge is 0.381 e. The second-order valence-corrected chi connectivity index (χ2v) is 5.83. The second-order valence-electron chi connectivity index (χ2n) is 4.67. The van der Waals surface area contributed by atoms with Crippen LogP contribution in [-0.4, -0.2) is 25.5 Å². The Bertz CT molecular complexity index is 343. The molecular weight excluding hydrogens is 254 g/mol. The lowest BCUT2D eigenvalue weighted by Gasteiger charge is -2.13. The summed E-state index contributed by atoms with van der Waals surface area (Å²) in [4.78, 5) is 1.33. The van der Waals surface area contributed by atoms with Crippen LogP contribution < -0.4 is 5.32 Å². The molecule has 3 heteroatoms. The number of rotatable bonds is 10. The van der Waals surface area contributed by atoms with Crippen LogP contribution >= 0.6 is 11.8 Å². The first-order valence-electron chi connectivity index (χ1n) is 7.31. The quantitative estimate of drug-likeness (QED) is 0.511. The van der Waals surface area contributed by atoms with Crippen LogP contribution in [0.1, 0.15) is 45.2 Å². The van der Waals surface area contributed by atoms with Gasteiger partial charge in [0.05, 0.1) is 6.61 Å². The topological polar surface area (TPSA) is 21.3 Å². The highest BCUT2D eigenvalue weighted by Crippen LogP contribution is 2.22. The van der Waals surface area contributed by atoms with Crippen molar-refractivity contribution in [1.29, 1.82) is 0 Å². The molecule has 0 aromatic heterocycles. The molecule has 1 aromatic carbocycles. The predicted molar refractivity (Wildman–Crippen MR) is 85.0 cm³/mol. The Kier molecular flexibility index (Phi) is 8.97. The molecule has 0 aliphatic heterocycles. The number of ether oxygens (including phenoxy) is 1. The van der Waals surface area contributed by atoms with E-state index in [0.29, 0.717) is 6.04 Å². The number of thioether (sulfide) groups is 1. The van der Waals surface area contributed by atoms with Crippen molar-refractivity contribution in [2.75, 3.05) is 25.5 Å². The minimum absolute atomic E-state index is 0.423. The molecule has 0 saturated carbocycles. The van der Waals surface area contributed by atoms with E-state index in [0.717, 1.165) is 25.5 Å². The standard InChI is InChI=1S/C16H27NOS/c1-4-6-10-18-11-12-19-16-9-7-8-15(13-16)14(3)17-5-2/h7-9,13-14,17H,4-6,10-12H2,1-3H3. The van der Waals surface area contributed by atoms with E-state index in [1.807, 2.05) is 11.8 Å². The van der Waals surface area contributed by atoms with Crippen molar-refractivity contribution in [3.05, 3.63) is 29.8 Å². The van der Waals surface area contributed by atoms with Crippen LogP contribution in [0.5, 0.6) is 0 Å². The second kappa shape index (κ2) is 10.3. The van der Waals surface area contributed by atoms with E-state index in [9.17, 15) is 0 Å². The first-order valence-corrected chi connectivity index (χ1v) is 8.30. The third-order valence-electron chi connectivity index (χ3n) is 3.01. The zero-order chi connectivity index (χ0) is 13.9. The molecule has 1 atom stereocenters. The molecule has 0 radical (unpaired) electrons. The lowest BCUT2D eigenvalue weighted by atomic mass is 10.1. The highest BCUT2D eigenvalue weighted by molar-refractivity contribution is 7.99. The highest BCUT2D eigenvalue weighted by atomic mass is 32.2. The minimum atomic E-state index is 0.423. The molecule has 0 aliphatic rings. The number of hydrogen-bond acceptors (Lipinski definition) is 3. The molecule has 108 valence electrons. The van der Waals surface area contributed by atoms with E-state index >= 15 is 0 Å². The van der Waals surface area contributed by atoms with Gasteiger partial charge in [0.2, 0.25) is 0 Å². The number of unbranched alkanes of at least 4 members (excludes halogenated alkanes) is 1. The van der Waals surface area contributed by atoms with Gasteiger partial charge in [0, 0.05) is 23.3 Å². The number of nitrogens with one attached hydrogen (secondary N) is 1. The molecule has 0 spiro atoms. The van der Waals surface area contributed by atoms with E-state index in [-0.39, 0.29) is 0 Å². The van der Waals surface area contributed by atoms with Gasteiger partial charge in [-0.05, 0) is 37.6 Å². The predicted octanol–water partition coefficient (Wildman–Crippen LogP) is 4.27. The van der Waals surface area contributed by atoms with Gasteiger partial charge in [-0.2, -0.15) is 0 Å². The van der Waals surface area contributed by atoms with Crippen molar-refractivity contribution in [3.8, 4) is 0 Å². The fraction of sp³-hybridized carbons (Fsp3) is 0.625. The summed E-state index contributed by atoms with van der Waals surface area (Å²) in [5.41, 5.74) is 1.36. The van der Waals surface area contributed by atoms with Crippen molar-refractivity contribution < 1.29 is 4.74 Å². The van der Waals surface area contributed by atoms with Crippen LogP contribution in [0.2, 0.25) is 0 Å². The maximum absolute atomic E-state index is 5.58. The van der Waals surface area contributed by atoms with Gasteiger partial charge >= 0.3 is 0 Å². The number of hydrogen-bond donors (Lipinski definition) is 1. The van der Waals surface area contributed by atoms with E-state index in [4.69, 9.17) is 4.74 Å².